The molecule has 1 fully saturated rings. The van der Waals surface area contributed by atoms with Crippen LogP contribution < -0.4 is 10.1 Å². The average molecular weight is 472 g/mol. The molecule has 1 amide bonds. The molecule has 0 saturated carbocycles. The van der Waals surface area contributed by atoms with Gasteiger partial charge in [0.25, 0.3) is 5.89 Å². The number of likely N-dealkylation sites (tertiary alicyclic amines) is 1. The molecule has 5 rings (SSSR count). The van der Waals surface area contributed by atoms with E-state index in [1.54, 1.807) is 12.1 Å². The van der Waals surface area contributed by atoms with Gasteiger partial charge in [-0.2, -0.15) is 10.2 Å². The molecule has 3 aromatic rings. The third-order valence-electron chi connectivity index (χ3n) is 6.61. The van der Waals surface area contributed by atoms with E-state index >= 15 is 0 Å². The van der Waals surface area contributed by atoms with E-state index in [-0.39, 0.29) is 18.1 Å². The zero-order valence-corrected chi connectivity index (χ0v) is 20.1. The van der Waals surface area contributed by atoms with Crippen molar-refractivity contribution in [3.63, 3.8) is 0 Å². The number of amides is 1. The summed E-state index contributed by atoms with van der Waals surface area (Å²) >= 11 is 0. The van der Waals surface area contributed by atoms with Crippen molar-refractivity contribution in [1.82, 2.24) is 20.4 Å². The smallest absolute Gasteiger partial charge is 0.258 e. The van der Waals surface area contributed by atoms with Gasteiger partial charge in [-0.05, 0) is 68.9 Å². The SMILES string of the molecule is CC(C)Oc1ccc(-c2nc(-c3cccc4c3CC[C@H]4NCC(=O)N3CCCC3)no2)cc1C#N. The molecule has 8 heteroatoms. The quantitative estimate of drug-likeness (QED) is 0.549. The van der Waals surface area contributed by atoms with Gasteiger partial charge in [0, 0.05) is 30.3 Å². The number of hydrogen-bond donors (Lipinski definition) is 1. The number of fused-ring (bicyclic) bond motifs is 1. The van der Waals surface area contributed by atoms with Gasteiger partial charge in [-0.15, -0.1) is 0 Å². The van der Waals surface area contributed by atoms with Crippen LogP contribution in [-0.4, -0.2) is 46.7 Å². The fourth-order valence-electron chi connectivity index (χ4n) is 4.92. The number of carbonyl (C=O) groups is 1. The summed E-state index contributed by atoms with van der Waals surface area (Å²) in [5, 5.41) is 17.2. The van der Waals surface area contributed by atoms with Crippen molar-refractivity contribution in [2.24, 2.45) is 0 Å². The minimum atomic E-state index is -0.0280. The van der Waals surface area contributed by atoms with Crippen LogP contribution in [0.1, 0.15) is 55.8 Å². The number of carbonyl (C=O) groups excluding carboxylic acids is 1. The van der Waals surface area contributed by atoms with E-state index in [1.165, 1.54) is 11.1 Å². The number of nitrogens with zero attached hydrogens (tertiary/aromatic N) is 4. The summed E-state index contributed by atoms with van der Waals surface area (Å²) in [5.74, 6) is 1.59. The van der Waals surface area contributed by atoms with E-state index in [4.69, 9.17) is 9.26 Å². The van der Waals surface area contributed by atoms with Gasteiger partial charge < -0.3 is 19.5 Å². The number of ether oxygens (including phenoxy) is 1. The van der Waals surface area contributed by atoms with Crippen LogP contribution in [0.3, 0.4) is 0 Å². The molecule has 1 aromatic heterocycles. The van der Waals surface area contributed by atoms with Crippen LogP contribution in [0.5, 0.6) is 5.75 Å². The van der Waals surface area contributed by atoms with Gasteiger partial charge in [0.2, 0.25) is 11.7 Å². The fourth-order valence-corrected chi connectivity index (χ4v) is 4.92. The van der Waals surface area contributed by atoms with Crippen LogP contribution in [-0.2, 0) is 11.2 Å². The summed E-state index contributed by atoms with van der Waals surface area (Å²) in [5.41, 5.74) is 4.40. The number of hydrogen-bond acceptors (Lipinski definition) is 7. The van der Waals surface area contributed by atoms with Gasteiger partial charge in [-0.25, -0.2) is 0 Å². The van der Waals surface area contributed by atoms with Crippen LogP contribution in [0, 0.1) is 11.3 Å². The van der Waals surface area contributed by atoms with Gasteiger partial charge in [0.1, 0.15) is 11.8 Å². The van der Waals surface area contributed by atoms with Crippen LogP contribution in [0.15, 0.2) is 40.9 Å². The Morgan fingerprint density at radius 2 is 2.11 bits per heavy atom. The lowest BCUT2D eigenvalue weighted by Gasteiger charge is -2.19. The highest BCUT2D eigenvalue weighted by atomic mass is 16.5. The molecule has 8 nitrogen and oxygen atoms in total. The fraction of sp³-hybridized carbons (Fsp3) is 0.407. The van der Waals surface area contributed by atoms with Crippen molar-refractivity contribution in [1.29, 1.82) is 5.26 Å². The molecule has 1 aliphatic carbocycles. The average Bonchev–Trinajstić information content (AvgIpc) is 3.63. The lowest BCUT2D eigenvalue weighted by atomic mass is 10.0. The molecule has 0 unspecified atom stereocenters. The Bertz CT molecular complexity index is 1270. The molecule has 35 heavy (non-hydrogen) atoms. The van der Waals surface area contributed by atoms with Crippen molar-refractivity contribution in [2.45, 2.75) is 51.7 Å². The van der Waals surface area contributed by atoms with Crippen molar-refractivity contribution < 1.29 is 14.1 Å². The Hall–Kier alpha value is -3.70. The van der Waals surface area contributed by atoms with E-state index < -0.39 is 0 Å². The third kappa shape index (κ3) is 4.77. The summed E-state index contributed by atoms with van der Waals surface area (Å²) in [7, 11) is 0. The van der Waals surface area contributed by atoms with Crippen molar-refractivity contribution in [3.8, 4) is 34.7 Å². The lowest BCUT2D eigenvalue weighted by Crippen LogP contribution is -2.37. The highest BCUT2D eigenvalue weighted by Gasteiger charge is 2.28. The summed E-state index contributed by atoms with van der Waals surface area (Å²) < 4.78 is 11.3. The first-order chi connectivity index (χ1) is 17.0. The molecule has 0 bridgehead atoms. The summed E-state index contributed by atoms with van der Waals surface area (Å²) in [6, 6.07) is 13.7. The Morgan fingerprint density at radius 1 is 1.29 bits per heavy atom. The molecule has 2 aliphatic rings. The first kappa shape index (κ1) is 23.1. The van der Waals surface area contributed by atoms with E-state index in [0.717, 1.165) is 44.3 Å². The molecule has 0 radical (unpaired) electrons. The zero-order chi connectivity index (χ0) is 24.4. The van der Waals surface area contributed by atoms with Crippen molar-refractivity contribution in [2.75, 3.05) is 19.6 Å². The summed E-state index contributed by atoms with van der Waals surface area (Å²) in [4.78, 5) is 19.0. The van der Waals surface area contributed by atoms with Crippen LogP contribution in [0.2, 0.25) is 0 Å². The van der Waals surface area contributed by atoms with Crippen LogP contribution in [0.4, 0.5) is 0 Å². The Morgan fingerprint density at radius 3 is 2.89 bits per heavy atom. The number of rotatable bonds is 7. The molecular formula is C27H29N5O3. The molecular weight excluding hydrogens is 442 g/mol. The summed E-state index contributed by atoms with van der Waals surface area (Å²) in [6.45, 7) is 5.94. The predicted octanol–water partition coefficient (Wildman–Crippen LogP) is 4.26. The van der Waals surface area contributed by atoms with Gasteiger partial charge >= 0.3 is 0 Å². The molecule has 2 heterocycles. The largest absolute Gasteiger partial charge is 0.490 e. The molecule has 1 atom stereocenters. The van der Waals surface area contributed by atoms with Gasteiger partial charge in [0.05, 0.1) is 18.2 Å². The van der Waals surface area contributed by atoms with Crippen molar-refractivity contribution >= 4 is 5.91 Å². The maximum absolute atomic E-state index is 12.5. The Kier molecular flexibility index (Phi) is 6.51. The second-order valence-electron chi connectivity index (χ2n) is 9.35. The molecule has 180 valence electrons. The minimum absolute atomic E-state index is 0.0280. The Labute approximate surface area is 204 Å². The molecule has 2 aromatic carbocycles. The molecule has 0 spiro atoms. The number of nitriles is 1. The van der Waals surface area contributed by atoms with Crippen LogP contribution in [0.25, 0.3) is 22.8 Å². The van der Waals surface area contributed by atoms with Crippen LogP contribution >= 0.6 is 0 Å². The minimum Gasteiger partial charge on any atom is -0.490 e. The summed E-state index contributed by atoms with van der Waals surface area (Å²) in [6.07, 6.45) is 3.97. The van der Waals surface area contributed by atoms with E-state index in [0.29, 0.717) is 35.1 Å². The molecule has 1 saturated heterocycles. The number of nitrogens with one attached hydrogen (secondary N) is 1. The number of benzene rings is 2. The standard InChI is InChI=1S/C27H29N5O3/c1-17(2)34-24-11-8-18(14-19(24)15-28)27-30-26(31-35-27)22-7-5-6-21-20(22)9-10-23(21)29-16-25(33)32-12-3-4-13-32/h5-8,11,14,17,23,29H,3-4,9-10,12-13,16H2,1-2H3/t23-/m1/s1. The van der Waals surface area contributed by atoms with Crippen molar-refractivity contribution in [3.05, 3.63) is 53.1 Å². The normalized spacial score (nSPS) is 17.0. The highest BCUT2D eigenvalue weighted by molar-refractivity contribution is 5.78. The zero-order valence-electron chi connectivity index (χ0n) is 20.1. The van der Waals surface area contributed by atoms with Gasteiger partial charge in [-0.1, -0.05) is 23.4 Å². The molecule has 1 aliphatic heterocycles. The first-order valence-electron chi connectivity index (χ1n) is 12.2. The Balaban J connectivity index is 1.34. The second-order valence-corrected chi connectivity index (χ2v) is 9.35. The molecule has 1 N–H and O–H groups in total. The van der Waals surface area contributed by atoms with E-state index in [9.17, 15) is 10.1 Å². The maximum Gasteiger partial charge on any atom is 0.258 e. The van der Waals surface area contributed by atoms with Gasteiger partial charge in [0.15, 0.2) is 0 Å². The third-order valence-corrected chi connectivity index (χ3v) is 6.61. The second kappa shape index (κ2) is 9.88. The topological polar surface area (TPSA) is 104 Å². The predicted molar refractivity (Wildman–Crippen MR) is 131 cm³/mol. The lowest BCUT2D eigenvalue weighted by molar-refractivity contribution is -0.129. The number of aromatic nitrogens is 2. The first-order valence-corrected chi connectivity index (χ1v) is 12.2. The highest BCUT2D eigenvalue weighted by Crippen LogP contribution is 2.37. The van der Waals surface area contributed by atoms with Gasteiger partial charge in [-0.3, -0.25) is 4.79 Å². The monoisotopic (exact) mass is 471 g/mol. The maximum atomic E-state index is 12.5. The van der Waals surface area contributed by atoms with E-state index in [2.05, 4.69) is 27.6 Å². The van der Waals surface area contributed by atoms with E-state index in [1.807, 2.05) is 36.9 Å².